The van der Waals surface area contributed by atoms with Crippen LogP contribution in [0.2, 0.25) is 5.02 Å². The summed E-state index contributed by atoms with van der Waals surface area (Å²) in [6.07, 6.45) is 1.57. The second-order valence-corrected chi connectivity index (χ2v) is 4.71. The molecule has 6 heteroatoms. The van der Waals surface area contributed by atoms with Gasteiger partial charge < -0.3 is 25.3 Å². The van der Waals surface area contributed by atoms with Gasteiger partial charge in [-0.1, -0.05) is 11.6 Å². The number of furan rings is 1. The highest BCUT2D eigenvalue weighted by atomic mass is 35.5. The van der Waals surface area contributed by atoms with E-state index >= 15 is 0 Å². The minimum Gasteiger partial charge on any atom is -0.464 e. The minimum absolute atomic E-state index is 0.0310. The number of nitrogens with two attached hydrogens (primary N) is 1. The molecule has 0 amide bonds. The fourth-order valence-corrected chi connectivity index (χ4v) is 2.35. The highest BCUT2D eigenvalue weighted by Gasteiger charge is 2.15. The molecule has 2 aromatic rings. The molecule has 5 nitrogen and oxygen atoms in total. The van der Waals surface area contributed by atoms with Crippen molar-refractivity contribution in [2.75, 3.05) is 36.9 Å². The summed E-state index contributed by atoms with van der Waals surface area (Å²) >= 11 is 6.21. The Bertz CT molecular complexity index is 552. The Morgan fingerprint density at radius 1 is 1.20 bits per heavy atom. The summed E-state index contributed by atoms with van der Waals surface area (Å²) in [6, 6.07) is 7.05. The highest BCUT2D eigenvalue weighted by Crippen LogP contribution is 2.36. The SMILES string of the molecule is Nc1cc(Cl)c(N(CCO)CCO)cc1-c1ccco1. The molecular formula is C14H17ClN2O3. The van der Waals surface area contributed by atoms with Crippen LogP contribution in [-0.2, 0) is 0 Å². The van der Waals surface area contributed by atoms with E-state index < -0.39 is 0 Å². The van der Waals surface area contributed by atoms with Gasteiger partial charge in [-0.05, 0) is 24.3 Å². The number of hydrogen-bond acceptors (Lipinski definition) is 5. The zero-order chi connectivity index (χ0) is 14.5. The molecule has 0 saturated heterocycles. The van der Waals surface area contributed by atoms with E-state index in [2.05, 4.69) is 0 Å². The van der Waals surface area contributed by atoms with Gasteiger partial charge >= 0.3 is 0 Å². The summed E-state index contributed by atoms with van der Waals surface area (Å²) < 4.78 is 5.35. The van der Waals surface area contributed by atoms with Gasteiger partial charge in [-0.2, -0.15) is 0 Å². The van der Waals surface area contributed by atoms with Crippen LogP contribution in [0.1, 0.15) is 0 Å². The third-order valence-corrected chi connectivity index (χ3v) is 3.29. The number of rotatable bonds is 6. The summed E-state index contributed by atoms with van der Waals surface area (Å²) in [5, 5.41) is 18.7. The standard InChI is InChI=1S/C14H17ClN2O3/c15-11-9-12(16)10(14-2-1-7-20-14)8-13(11)17(3-5-18)4-6-19/h1-2,7-9,18-19H,3-6,16H2. The van der Waals surface area contributed by atoms with Crippen molar-refractivity contribution in [1.29, 1.82) is 0 Å². The Balaban J connectivity index is 2.44. The molecule has 0 aliphatic rings. The lowest BCUT2D eigenvalue weighted by molar-refractivity contribution is 0.281. The number of anilines is 2. The van der Waals surface area contributed by atoms with Crippen molar-refractivity contribution < 1.29 is 14.6 Å². The van der Waals surface area contributed by atoms with Crippen LogP contribution in [0.25, 0.3) is 11.3 Å². The molecule has 4 N–H and O–H groups in total. The molecule has 0 radical (unpaired) electrons. The average molecular weight is 297 g/mol. The lowest BCUT2D eigenvalue weighted by Gasteiger charge is -2.25. The molecule has 1 aromatic carbocycles. The van der Waals surface area contributed by atoms with Crippen LogP contribution >= 0.6 is 11.6 Å². The molecule has 1 heterocycles. The van der Waals surface area contributed by atoms with E-state index in [1.807, 2.05) is 12.1 Å². The number of hydrogen-bond donors (Lipinski definition) is 3. The van der Waals surface area contributed by atoms with Crippen molar-refractivity contribution in [3.8, 4) is 11.3 Å². The van der Waals surface area contributed by atoms with E-state index in [1.165, 1.54) is 0 Å². The molecule has 108 valence electrons. The van der Waals surface area contributed by atoms with Gasteiger partial charge in [0.15, 0.2) is 0 Å². The monoisotopic (exact) mass is 296 g/mol. The third-order valence-electron chi connectivity index (χ3n) is 2.99. The van der Waals surface area contributed by atoms with Gasteiger partial charge in [0.25, 0.3) is 0 Å². The van der Waals surface area contributed by atoms with Crippen molar-refractivity contribution >= 4 is 23.0 Å². The second kappa shape index (κ2) is 6.65. The summed E-state index contributed by atoms with van der Waals surface area (Å²) in [5.74, 6) is 0.647. The maximum Gasteiger partial charge on any atom is 0.135 e. The largest absolute Gasteiger partial charge is 0.464 e. The molecule has 0 spiro atoms. The average Bonchev–Trinajstić information content (AvgIpc) is 2.92. The molecule has 0 unspecified atom stereocenters. The fraction of sp³-hybridized carbons (Fsp3) is 0.286. The number of aliphatic hydroxyl groups is 2. The van der Waals surface area contributed by atoms with Gasteiger partial charge in [-0.25, -0.2) is 0 Å². The van der Waals surface area contributed by atoms with Crippen molar-refractivity contribution in [2.24, 2.45) is 0 Å². The molecule has 0 aliphatic carbocycles. The molecule has 20 heavy (non-hydrogen) atoms. The number of aliphatic hydroxyl groups excluding tert-OH is 2. The topological polar surface area (TPSA) is 82.9 Å². The molecule has 0 fully saturated rings. The molecule has 0 aliphatic heterocycles. The first-order valence-corrected chi connectivity index (χ1v) is 6.64. The first-order valence-electron chi connectivity index (χ1n) is 6.27. The van der Waals surface area contributed by atoms with E-state index in [1.54, 1.807) is 23.3 Å². The van der Waals surface area contributed by atoms with Crippen LogP contribution in [0.5, 0.6) is 0 Å². The smallest absolute Gasteiger partial charge is 0.135 e. The second-order valence-electron chi connectivity index (χ2n) is 4.30. The van der Waals surface area contributed by atoms with Gasteiger partial charge in [0.05, 0.1) is 30.2 Å². The van der Waals surface area contributed by atoms with Crippen molar-refractivity contribution in [2.45, 2.75) is 0 Å². The van der Waals surface area contributed by atoms with Crippen LogP contribution in [-0.4, -0.2) is 36.5 Å². The Morgan fingerprint density at radius 3 is 2.45 bits per heavy atom. The van der Waals surface area contributed by atoms with E-state index in [9.17, 15) is 0 Å². The van der Waals surface area contributed by atoms with Gasteiger partial charge in [0.1, 0.15) is 5.76 Å². The Labute approximate surface area is 122 Å². The first kappa shape index (κ1) is 14.7. The Kier molecular flexibility index (Phi) is 4.89. The molecule has 0 bridgehead atoms. The lowest BCUT2D eigenvalue weighted by Crippen LogP contribution is -2.30. The third kappa shape index (κ3) is 3.07. The van der Waals surface area contributed by atoms with E-state index in [4.69, 9.17) is 32.0 Å². The molecule has 0 saturated carbocycles. The zero-order valence-corrected chi connectivity index (χ0v) is 11.7. The number of halogens is 1. The number of nitrogen functional groups attached to an aromatic ring is 1. The van der Waals surface area contributed by atoms with Crippen molar-refractivity contribution in [1.82, 2.24) is 0 Å². The normalized spacial score (nSPS) is 10.8. The van der Waals surface area contributed by atoms with Gasteiger partial charge in [-0.3, -0.25) is 0 Å². The molecule has 1 aromatic heterocycles. The van der Waals surface area contributed by atoms with Crippen LogP contribution in [0.3, 0.4) is 0 Å². The van der Waals surface area contributed by atoms with Crippen LogP contribution < -0.4 is 10.6 Å². The lowest BCUT2D eigenvalue weighted by atomic mass is 10.1. The maximum atomic E-state index is 9.11. The quantitative estimate of drug-likeness (QED) is 0.710. The number of nitrogens with zero attached hydrogens (tertiary/aromatic N) is 1. The van der Waals surface area contributed by atoms with Gasteiger partial charge in [-0.15, -0.1) is 0 Å². The van der Waals surface area contributed by atoms with E-state index in [0.29, 0.717) is 35.2 Å². The van der Waals surface area contributed by atoms with Crippen molar-refractivity contribution in [3.63, 3.8) is 0 Å². The maximum absolute atomic E-state index is 9.11. The van der Waals surface area contributed by atoms with Crippen molar-refractivity contribution in [3.05, 3.63) is 35.6 Å². The fourth-order valence-electron chi connectivity index (χ4n) is 2.06. The molecule has 0 atom stereocenters. The van der Waals surface area contributed by atoms with Crippen LogP contribution in [0, 0.1) is 0 Å². The minimum atomic E-state index is -0.0310. The predicted octanol–water partition coefficient (Wildman–Crippen LogP) is 1.97. The van der Waals surface area contributed by atoms with E-state index in [-0.39, 0.29) is 13.2 Å². The van der Waals surface area contributed by atoms with E-state index in [0.717, 1.165) is 5.56 Å². The summed E-state index contributed by atoms with van der Waals surface area (Å²) in [4.78, 5) is 1.80. The predicted molar refractivity (Wildman–Crippen MR) is 80.0 cm³/mol. The van der Waals surface area contributed by atoms with Crippen LogP contribution in [0.4, 0.5) is 11.4 Å². The van der Waals surface area contributed by atoms with Gasteiger partial charge in [0.2, 0.25) is 0 Å². The summed E-state index contributed by atoms with van der Waals surface area (Å²) in [6.45, 7) is 0.692. The first-order chi connectivity index (χ1) is 9.67. The summed E-state index contributed by atoms with van der Waals surface area (Å²) in [7, 11) is 0. The molecular weight excluding hydrogens is 280 g/mol. The number of benzene rings is 1. The Morgan fingerprint density at radius 2 is 1.90 bits per heavy atom. The molecule has 2 rings (SSSR count). The summed E-state index contributed by atoms with van der Waals surface area (Å²) in [5.41, 5.74) is 7.92. The highest BCUT2D eigenvalue weighted by molar-refractivity contribution is 6.33. The zero-order valence-electron chi connectivity index (χ0n) is 10.9. The Hall–Kier alpha value is -1.69. The van der Waals surface area contributed by atoms with Crippen LogP contribution in [0.15, 0.2) is 34.9 Å². The van der Waals surface area contributed by atoms with Gasteiger partial charge in [0, 0.05) is 24.3 Å².